The van der Waals surface area contributed by atoms with E-state index in [1.54, 1.807) is 6.92 Å². The molecule has 1 aliphatic rings. The predicted molar refractivity (Wildman–Crippen MR) is 105 cm³/mol. The van der Waals surface area contributed by atoms with E-state index in [0.29, 0.717) is 34.2 Å². The van der Waals surface area contributed by atoms with Gasteiger partial charge in [-0.15, -0.1) is 0 Å². The first kappa shape index (κ1) is 20.6. The van der Waals surface area contributed by atoms with E-state index in [-0.39, 0.29) is 17.2 Å². The molecule has 1 heterocycles. The number of Topliss-reactive ketones (excluding diaryl/α,β-unsaturated/α-hetero) is 1. The number of methoxy groups -OCH3 is 2. The number of allylic oxidation sites excluding steroid dienone is 1. The molecule has 0 radical (unpaired) electrons. The van der Waals surface area contributed by atoms with Gasteiger partial charge in [0.2, 0.25) is 0 Å². The number of nitro groups is 1. The average Bonchev–Trinajstić information content (AvgIpc) is 2.62. The molecule has 0 spiro atoms. The average molecular weight is 393 g/mol. The maximum Gasteiger partial charge on any atom is 0.279 e. The second-order valence-electron chi connectivity index (χ2n) is 6.11. The van der Waals surface area contributed by atoms with Crippen molar-refractivity contribution in [3.8, 4) is 11.5 Å². The third kappa shape index (κ3) is 3.87. The molecule has 1 aromatic carbocycles. The fourth-order valence-corrected chi connectivity index (χ4v) is 3.58. The Hall–Kier alpha value is -2.68. The van der Waals surface area contributed by atoms with Gasteiger partial charge in [-0.25, -0.2) is 0 Å². The van der Waals surface area contributed by atoms with E-state index >= 15 is 0 Å². The number of rotatable bonds is 7. The van der Waals surface area contributed by atoms with Gasteiger partial charge in [0.05, 0.1) is 36.8 Å². The summed E-state index contributed by atoms with van der Waals surface area (Å²) in [5.74, 6) is 0.393. The summed E-state index contributed by atoms with van der Waals surface area (Å²) in [4.78, 5) is 25.4. The van der Waals surface area contributed by atoms with Crippen molar-refractivity contribution in [2.75, 3.05) is 20.8 Å². The summed E-state index contributed by atoms with van der Waals surface area (Å²) < 4.78 is 10.5. The SMILES string of the molecule is CCCN1C(=S)NC(c2cc(OC)c(OC)cc2[N+](=O)[O-])C(C(C)=O)=C1C. The van der Waals surface area contributed by atoms with Crippen LogP contribution in [0.4, 0.5) is 5.69 Å². The fourth-order valence-electron chi connectivity index (χ4n) is 3.24. The lowest BCUT2D eigenvalue weighted by atomic mass is 9.91. The van der Waals surface area contributed by atoms with E-state index in [9.17, 15) is 14.9 Å². The van der Waals surface area contributed by atoms with Crippen molar-refractivity contribution in [2.24, 2.45) is 0 Å². The zero-order valence-corrected chi connectivity index (χ0v) is 16.8. The van der Waals surface area contributed by atoms with Crippen LogP contribution in [-0.2, 0) is 4.79 Å². The Kier molecular flexibility index (Phi) is 6.37. The zero-order chi connectivity index (χ0) is 20.3. The van der Waals surface area contributed by atoms with Crippen LogP contribution in [0.1, 0.15) is 38.8 Å². The number of hydrogen-bond donors (Lipinski definition) is 1. The molecule has 9 heteroatoms. The maximum absolute atomic E-state index is 12.4. The van der Waals surface area contributed by atoms with Crippen molar-refractivity contribution < 1.29 is 19.2 Å². The standard InChI is InChI=1S/C18H23N3O5S/c1-6-7-20-10(2)16(11(3)22)17(19-18(20)27)12-8-14(25-4)15(26-5)9-13(12)21(23)24/h8-9,17H,6-7H2,1-5H3,(H,19,27). The third-order valence-corrected chi connectivity index (χ3v) is 4.80. The lowest BCUT2D eigenvalue weighted by Gasteiger charge is -2.37. The van der Waals surface area contributed by atoms with Crippen molar-refractivity contribution >= 4 is 28.8 Å². The first-order chi connectivity index (χ1) is 12.8. The third-order valence-electron chi connectivity index (χ3n) is 4.46. The Bertz CT molecular complexity index is 821. The number of nitrogens with zero attached hydrogens (tertiary/aromatic N) is 2. The highest BCUT2D eigenvalue weighted by molar-refractivity contribution is 7.80. The second kappa shape index (κ2) is 8.34. The molecule has 2 rings (SSSR count). The van der Waals surface area contributed by atoms with E-state index in [2.05, 4.69) is 5.32 Å². The molecule has 1 unspecified atom stereocenters. The number of carbonyl (C=O) groups excluding carboxylic acids is 1. The van der Waals surface area contributed by atoms with Gasteiger partial charge in [0, 0.05) is 17.8 Å². The smallest absolute Gasteiger partial charge is 0.279 e. The van der Waals surface area contributed by atoms with Gasteiger partial charge in [0.1, 0.15) is 0 Å². The Morgan fingerprint density at radius 1 is 1.33 bits per heavy atom. The Labute approximate surface area is 163 Å². The predicted octanol–water partition coefficient (Wildman–Crippen LogP) is 3.12. The van der Waals surface area contributed by atoms with Gasteiger partial charge in [-0.2, -0.15) is 0 Å². The minimum absolute atomic E-state index is 0.177. The topological polar surface area (TPSA) is 93.9 Å². The lowest BCUT2D eigenvalue weighted by Crippen LogP contribution is -2.47. The Balaban J connectivity index is 2.73. The molecule has 8 nitrogen and oxygen atoms in total. The molecule has 0 aliphatic carbocycles. The van der Waals surface area contributed by atoms with Crippen LogP contribution in [0.5, 0.6) is 11.5 Å². The van der Waals surface area contributed by atoms with Gasteiger partial charge >= 0.3 is 0 Å². The molecule has 1 aromatic rings. The number of hydrogen-bond acceptors (Lipinski definition) is 6. The number of benzene rings is 1. The highest BCUT2D eigenvalue weighted by Gasteiger charge is 2.36. The van der Waals surface area contributed by atoms with Gasteiger partial charge in [-0.3, -0.25) is 14.9 Å². The summed E-state index contributed by atoms with van der Waals surface area (Å²) >= 11 is 5.45. The number of thiocarbonyl (C=S) groups is 1. The monoisotopic (exact) mass is 393 g/mol. The normalized spacial score (nSPS) is 16.9. The van der Waals surface area contributed by atoms with Crippen LogP contribution >= 0.6 is 12.2 Å². The number of ketones is 1. The quantitative estimate of drug-likeness (QED) is 0.429. The molecule has 0 bridgehead atoms. The number of ether oxygens (including phenoxy) is 2. The Morgan fingerprint density at radius 2 is 1.93 bits per heavy atom. The molecule has 0 saturated heterocycles. The molecule has 1 N–H and O–H groups in total. The minimum atomic E-state index is -0.747. The highest BCUT2D eigenvalue weighted by atomic mass is 32.1. The van der Waals surface area contributed by atoms with Crippen LogP contribution in [0.25, 0.3) is 0 Å². The van der Waals surface area contributed by atoms with Crippen molar-refractivity contribution in [3.05, 3.63) is 39.1 Å². The van der Waals surface area contributed by atoms with Crippen molar-refractivity contribution in [1.82, 2.24) is 10.2 Å². The number of nitro benzene ring substituents is 1. The maximum atomic E-state index is 12.4. The summed E-state index contributed by atoms with van der Waals surface area (Å²) in [7, 11) is 2.85. The molecule has 0 saturated carbocycles. The van der Waals surface area contributed by atoms with E-state index in [0.717, 1.165) is 6.42 Å². The summed E-state index contributed by atoms with van der Waals surface area (Å²) in [6, 6.07) is 2.07. The minimum Gasteiger partial charge on any atom is -0.493 e. The second-order valence-corrected chi connectivity index (χ2v) is 6.50. The summed E-state index contributed by atoms with van der Waals surface area (Å²) in [5, 5.41) is 15.2. The molecule has 0 aromatic heterocycles. The van der Waals surface area contributed by atoms with E-state index < -0.39 is 11.0 Å². The van der Waals surface area contributed by atoms with Crippen LogP contribution in [-0.4, -0.2) is 41.5 Å². The van der Waals surface area contributed by atoms with Gasteiger partial charge in [0.15, 0.2) is 22.4 Å². The van der Waals surface area contributed by atoms with Gasteiger partial charge in [-0.05, 0) is 38.6 Å². The molecule has 0 fully saturated rings. The van der Waals surface area contributed by atoms with Gasteiger partial charge in [-0.1, -0.05) is 6.92 Å². The molecule has 146 valence electrons. The molecule has 1 aliphatic heterocycles. The largest absolute Gasteiger partial charge is 0.493 e. The van der Waals surface area contributed by atoms with E-state index in [1.165, 1.54) is 33.3 Å². The summed E-state index contributed by atoms with van der Waals surface area (Å²) in [6.07, 6.45) is 0.839. The molecule has 27 heavy (non-hydrogen) atoms. The van der Waals surface area contributed by atoms with Crippen LogP contribution in [0.15, 0.2) is 23.4 Å². The van der Waals surface area contributed by atoms with E-state index in [4.69, 9.17) is 21.7 Å². The Morgan fingerprint density at radius 3 is 2.41 bits per heavy atom. The van der Waals surface area contributed by atoms with Crippen molar-refractivity contribution in [2.45, 2.75) is 33.2 Å². The molecule has 1 atom stereocenters. The molecular formula is C18H23N3O5S. The molecule has 0 amide bonds. The lowest BCUT2D eigenvalue weighted by molar-refractivity contribution is -0.385. The van der Waals surface area contributed by atoms with Gasteiger partial charge in [0.25, 0.3) is 5.69 Å². The van der Waals surface area contributed by atoms with Crippen molar-refractivity contribution in [3.63, 3.8) is 0 Å². The number of carbonyl (C=O) groups is 1. The van der Waals surface area contributed by atoms with Crippen molar-refractivity contribution in [1.29, 1.82) is 0 Å². The zero-order valence-electron chi connectivity index (χ0n) is 16.0. The van der Waals surface area contributed by atoms with E-state index in [1.807, 2.05) is 11.8 Å². The summed E-state index contributed by atoms with van der Waals surface area (Å²) in [6.45, 7) is 5.90. The highest BCUT2D eigenvalue weighted by Crippen LogP contribution is 2.41. The first-order valence-corrected chi connectivity index (χ1v) is 8.87. The molecular weight excluding hydrogens is 370 g/mol. The summed E-state index contributed by atoms with van der Waals surface area (Å²) in [5.41, 5.74) is 1.25. The van der Waals surface area contributed by atoms with Crippen LogP contribution in [0.3, 0.4) is 0 Å². The number of nitrogens with one attached hydrogen (secondary N) is 1. The van der Waals surface area contributed by atoms with Gasteiger partial charge < -0.3 is 19.7 Å². The fraction of sp³-hybridized carbons (Fsp3) is 0.444. The van der Waals surface area contributed by atoms with Crippen LogP contribution in [0, 0.1) is 10.1 Å². The first-order valence-electron chi connectivity index (χ1n) is 8.46. The van der Waals surface area contributed by atoms with Crippen LogP contribution < -0.4 is 14.8 Å². The van der Waals surface area contributed by atoms with Crippen LogP contribution in [0.2, 0.25) is 0 Å².